The molecule has 154 valence electrons. The summed E-state index contributed by atoms with van der Waals surface area (Å²) < 4.78 is 11.0. The third-order valence-corrected chi connectivity index (χ3v) is 7.47. The highest BCUT2D eigenvalue weighted by Gasteiger charge is 2.58. The van der Waals surface area contributed by atoms with Crippen molar-refractivity contribution in [2.75, 3.05) is 14.2 Å². The van der Waals surface area contributed by atoms with Gasteiger partial charge in [0.1, 0.15) is 17.2 Å². The summed E-state index contributed by atoms with van der Waals surface area (Å²) in [6, 6.07) is 5.79. The number of fused-ring (bicyclic) bond motifs is 2. The second kappa shape index (κ2) is 7.71. The van der Waals surface area contributed by atoms with Gasteiger partial charge in [-0.15, -0.1) is 0 Å². The summed E-state index contributed by atoms with van der Waals surface area (Å²) in [5, 5.41) is 16.4. The van der Waals surface area contributed by atoms with E-state index in [1.165, 1.54) is 25.7 Å². The van der Waals surface area contributed by atoms with Gasteiger partial charge in [-0.25, -0.2) is 0 Å². The van der Waals surface area contributed by atoms with Gasteiger partial charge in [0.25, 0.3) is 0 Å². The van der Waals surface area contributed by atoms with Gasteiger partial charge in [-0.3, -0.25) is 0 Å². The van der Waals surface area contributed by atoms with Crippen LogP contribution in [0.4, 0.5) is 0 Å². The summed E-state index contributed by atoms with van der Waals surface area (Å²) in [6.07, 6.45) is 9.97. The molecule has 2 atom stereocenters. The van der Waals surface area contributed by atoms with Crippen LogP contribution in [0.1, 0.15) is 63.4 Å². The van der Waals surface area contributed by atoms with Gasteiger partial charge in [0, 0.05) is 17.0 Å². The van der Waals surface area contributed by atoms with Gasteiger partial charge in [-0.1, -0.05) is 25.7 Å². The number of nitrogens with one attached hydrogen (secondary N) is 1. The molecule has 1 spiro atoms. The zero-order valence-electron chi connectivity index (χ0n) is 17.0. The maximum absolute atomic E-state index is 12.0. The van der Waals surface area contributed by atoms with Crippen molar-refractivity contribution in [3.63, 3.8) is 0 Å². The number of rotatable bonds is 4. The number of benzene rings is 1. The molecule has 0 amide bonds. The molecular formula is C22H32N2O3S. The van der Waals surface area contributed by atoms with E-state index in [0.717, 1.165) is 49.2 Å². The van der Waals surface area contributed by atoms with Crippen molar-refractivity contribution in [1.82, 2.24) is 10.2 Å². The summed E-state index contributed by atoms with van der Waals surface area (Å²) in [6.45, 7) is 0.509. The summed E-state index contributed by atoms with van der Waals surface area (Å²) in [4.78, 5) is 2.02. The van der Waals surface area contributed by atoms with Crippen LogP contribution in [0, 0.1) is 5.92 Å². The monoisotopic (exact) mass is 404 g/mol. The zero-order chi connectivity index (χ0) is 19.8. The van der Waals surface area contributed by atoms with E-state index >= 15 is 0 Å². The van der Waals surface area contributed by atoms with Crippen molar-refractivity contribution < 1.29 is 14.6 Å². The average Bonchev–Trinajstić information content (AvgIpc) is 2.71. The first-order chi connectivity index (χ1) is 13.5. The topological polar surface area (TPSA) is 54.0 Å². The molecule has 0 aromatic heterocycles. The van der Waals surface area contributed by atoms with Crippen LogP contribution >= 0.6 is 12.2 Å². The Morgan fingerprint density at radius 2 is 1.86 bits per heavy atom. The molecule has 3 fully saturated rings. The smallest absolute Gasteiger partial charge is 0.171 e. The van der Waals surface area contributed by atoms with Crippen LogP contribution in [0.2, 0.25) is 0 Å². The predicted octanol–water partition coefficient (Wildman–Crippen LogP) is 3.98. The minimum Gasteiger partial charge on any atom is -0.497 e. The van der Waals surface area contributed by atoms with Crippen LogP contribution in [0.5, 0.6) is 11.5 Å². The lowest BCUT2D eigenvalue weighted by molar-refractivity contribution is -0.184. The van der Waals surface area contributed by atoms with E-state index in [2.05, 4.69) is 5.32 Å². The number of ether oxygens (including phenoxy) is 2. The molecule has 1 aromatic rings. The summed E-state index contributed by atoms with van der Waals surface area (Å²) in [5.41, 5.74) is 0.0363. The Bertz CT molecular complexity index is 734. The fourth-order valence-corrected chi connectivity index (χ4v) is 6.19. The van der Waals surface area contributed by atoms with Crippen molar-refractivity contribution in [1.29, 1.82) is 0 Å². The predicted molar refractivity (Wildman–Crippen MR) is 114 cm³/mol. The SMILES string of the molecule is COc1ccc(OC)c(CN2C(=S)NC3(CCCCC3)[C@H]3CCCC[C@@]32O)c1. The minimum atomic E-state index is -0.897. The normalized spacial score (nSPS) is 29.2. The molecule has 2 aliphatic carbocycles. The Hall–Kier alpha value is -1.53. The zero-order valence-corrected chi connectivity index (χ0v) is 17.8. The maximum atomic E-state index is 12.0. The van der Waals surface area contributed by atoms with Gasteiger partial charge < -0.3 is 24.8 Å². The Kier molecular flexibility index (Phi) is 5.45. The molecule has 0 unspecified atom stereocenters. The number of aliphatic hydroxyl groups is 1. The highest BCUT2D eigenvalue weighted by atomic mass is 32.1. The molecule has 6 heteroatoms. The third kappa shape index (κ3) is 3.24. The molecule has 2 saturated carbocycles. The van der Waals surface area contributed by atoms with Crippen molar-refractivity contribution in [2.24, 2.45) is 5.92 Å². The molecule has 0 radical (unpaired) electrons. The van der Waals surface area contributed by atoms with Crippen LogP contribution in [-0.4, -0.2) is 40.6 Å². The fraction of sp³-hybridized carbons (Fsp3) is 0.682. The van der Waals surface area contributed by atoms with Crippen LogP contribution in [0.25, 0.3) is 0 Å². The molecule has 1 aromatic carbocycles. The lowest BCUT2D eigenvalue weighted by Gasteiger charge is -2.61. The largest absolute Gasteiger partial charge is 0.497 e. The lowest BCUT2D eigenvalue weighted by atomic mass is 9.62. The molecule has 1 aliphatic heterocycles. The van der Waals surface area contributed by atoms with Crippen LogP contribution < -0.4 is 14.8 Å². The summed E-state index contributed by atoms with van der Waals surface area (Å²) in [7, 11) is 3.34. The number of methoxy groups -OCH3 is 2. The first kappa shape index (κ1) is 19.8. The van der Waals surface area contributed by atoms with Gasteiger partial charge in [0.15, 0.2) is 5.11 Å². The standard InChI is InChI=1S/C22H32N2O3S/c1-26-17-9-10-18(27-2)16(14-17)15-24-20(28)23-21(11-5-3-6-12-21)19-8-4-7-13-22(19,24)25/h9-10,14,19,25H,3-8,11-13,15H2,1-2H3,(H,23,28)/t19-,22-/m1/s1. The quantitative estimate of drug-likeness (QED) is 0.741. The molecule has 3 aliphatic rings. The highest BCUT2D eigenvalue weighted by Crippen LogP contribution is 2.51. The van der Waals surface area contributed by atoms with Gasteiger partial charge in [-0.05, 0) is 62.5 Å². The van der Waals surface area contributed by atoms with Gasteiger partial charge >= 0.3 is 0 Å². The maximum Gasteiger partial charge on any atom is 0.171 e. The van der Waals surface area contributed by atoms with E-state index in [1.54, 1.807) is 14.2 Å². The Morgan fingerprint density at radius 3 is 2.57 bits per heavy atom. The van der Waals surface area contributed by atoms with E-state index in [1.807, 2.05) is 23.1 Å². The van der Waals surface area contributed by atoms with Gasteiger partial charge in [0.05, 0.1) is 20.8 Å². The summed E-state index contributed by atoms with van der Waals surface area (Å²) >= 11 is 5.84. The molecule has 0 bridgehead atoms. The van der Waals surface area contributed by atoms with Crippen LogP contribution in [0.3, 0.4) is 0 Å². The van der Waals surface area contributed by atoms with Crippen LogP contribution in [0.15, 0.2) is 18.2 Å². The van der Waals surface area contributed by atoms with Crippen molar-refractivity contribution in [3.8, 4) is 11.5 Å². The van der Waals surface area contributed by atoms with Gasteiger partial charge in [0.2, 0.25) is 0 Å². The average molecular weight is 405 g/mol. The van der Waals surface area contributed by atoms with Crippen molar-refractivity contribution in [2.45, 2.75) is 75.6 Å². The minimum absolute atomic E-state index is 0.0422. The van der Waals surface area contributed by atoms with Crippen molar-refractivity contribution >= 4 is 17.3 Å². The number of hydrogen-bond acceptors (Lipinski definition) is 4. The molecule has 28 heavy (non-hydrogen) atoms. The second-order valence-electron chi connectivity index (χ2n) is 8.59. The van der Waals surface area contributed by atoms with Gasteiger partial charge in [-0.2, -0.15) is 0 Å². The summed E-state index contributed by atoms with van der Waals surface area (Å²) in [5.74, 6) is 1.78. The Morgan fingerprint density at radius 1 is 1.11 bits per heavy atom. The molecule has 2 N–H and O–H groups in total. The van der Waals surface area contributed by atoms with E-state index in [0.29, 0.717) is 11.7 Å². The molecule has 5 nitrogen and oxygen atoms in total. The number of thiocarbonyl (C=S) groups is 1. The molecule has 4 rings (SSSR count). The lowest BCUT2D eigenvalue weighted by Crippen LogP contribution is -2.75. The molecule has 1 heterocycles. The second-order valence-corrected chi connectivity index (χ2v) is 8.97. The Labute approximate surface area is 173 Å². The van der Waals surface area contributed by atoms with E-state index in [4.69, 9.17) is 21.7 Å². The first-order valence-electron chi connectivity index (χ1n) is 10.6. The number of nitrogens with zero attached hydrogens (tertiary/aromatic N) is 1. The Balaban J connectivity index is 1.69. The van der Waals surface area contributed by atoms with E-state index in [9.17, 15) is 5.11 Å². The van der Waals surface area contributed by atoms with Crippen molar-refractivity contribution in [3.05, 3.63) is 23.8 Å². The van der Waals surface area contributed by atoms with E-state index < -0.39 is 5.72 Å². The fourth-order valence-electron chi connectivity index (χ4n) is 5.76. The first-order valence-corrected chi connectivity index (χ1v) is 11.0. The third-order valence-electron chi connectivity index (χ3n) is 7.14. The highest BCUT2D eigenvalue weighted by molar-refractivity contribution is 7.80. The van der Waals surface area contributed by atoms with Crippen LogP contribution in [-0.2, 0) is 6.54 Å². The molecular weight excluding hydrogens is 372 g/mol. The number of hydrogen-bond donors (Lipinski definition) is 2. The van der Waals surface area contributed by atoms with E-state index in [-0.39, 0.29) is 11.5 Å². The molecule has 1 saturated heterocycles.